The Kier molecular flexibility index (Phi) is 6.67. The number of nitrogens with one attached hydrogen (secondary N) is 2. The van der Waals surface area contributed by atoms with Crippen molar-refractivity contribution in [1.29, 1.82) is 0 Å². The molecule has 1 fully saturated rings. The maximum atomic E-state index is 5.92. The lowest BCUT2D eigenvalue weighted by molar-refractivity contribution is 0.114. The molecule has 4 nitrogen and oxygen atoms in total. The van der Waals surface area contributed by atoms with Crippen LogP contribution in [0.1, 0.15) is 10.9 Å². The minimum absolute atomic E-state index is 0.346. The van der Waals surface area contributed by atoms with Crippen LogP contribution in [-0.2, 0) is 0 Å². The third kappa shape index (κ3) is 5.39. The van der Waals surface area contributed by atoms with E-state index in [1.54, 1.807) is 0 Å². The van der Waals surface area contributed by atoms with E-state index in [1.165, 1.54) is 4.88 Å². The molecule has 7 heteroatoms. The number of benzene rings is 1. The molecule has 2 aromatic rings. The molecule has 1 aliphatic heterocycles. The summed E-state index contributed by atoms with van der Waals surface area (Å²) >= 11 is 13.2. The number of hydrogen-bond acceptors (Lipinski definition) is 4. The highest BCUT2D eigenvalue weighted by Crippen LogP contribution is 2.25. The minimum Gasteiger partial charge on any atom is -0.360 e. The predicted octanol–water partition coefficient (Wildman–Crippen LogP) is 3.68. The molecule has 134 valence electrons. The van der Waals surface area contributed by atoms with Crippen molar-refractivity contribution in [3.8, 4) is 0 Å². The van der Waals surface area contributed by atoms with Gasteiger partial charge in [-0.25, -0.2) is 0 Å². The van der Waals surface area contributed by atoms with Crippen molar-refractivity contribution in [2.24, 2.45) is 0 Å². The van der Waals surface area contributed by atoms with Gasteiger partial charge >= 0.3 is 0 Å². The van der Waals surface area contributed by atoms with Crippen molar-refractivity contribution in [2.75, 3.05) is 45.1 Å². The molecule has 1 atom stereocenters. The Bertz CT molecular complexity index is 667. The van der Waals surface area contributed by atoms with Crippen LogP contribution in [0.15, 0.2) is 41.8 Å². The van der Waals surface area contributed by atoms with Gasteiger partial charge in [-0.05, 0) is 55.0 Å². The van der Waals surface area contributed by atoms with Crippen molar-refractivity contribution in [2.45, 2.75) is 6.04 Å². The number of anilines is 1. The SMILES string of the molecule is CN1CCN(C(CNC(=S)Nc2ccc(Cl)cc2)c2cccs2)CC1. The van der Waals surface area contributed by atoms with Crippen molar-refractivity contribution in [3.05, 3.63) is 51.7 Å². The number of rotatable bonds is 5. The standard InChI is InChI=1S/C18H23ClN4S2/c1-22-8-10-23(11-9-22)16(17-3-2-12-25-17)13-20-18(24)21-15-6-4-14(19)5-7-15/h2-7,12,16H,8-11,13H2,1H3,(H2,20,21,24). The van der Waals surface area contributed by atoms with E-state index in [2.05, 4.69) is 45.0 Å². The van der Waals surface area contributed by atoms with Crippen molar-refractivity contribution in [3.63, 3.8) is 0 Å². The Morgan fingerprint density at radius 1 is 1.20 bits per heavy atom. The average Bonchev–Trinajstić information content (AvgIpc) is 3.13. The van der Waals surface area contributed by atoms with Gasteiger partial charge in [-0.2, -0.15) is 0 Å². The van der Waals surface area contributed by atoms with Crippen LogP contribution in [0.4, 0.5) is 5.69 Å². The van der Waals surface area contributed by atoms with Crippen LogP contribution >= 0.6 is 35.2 Å². The van der Waals surface area contributed by atoms with Gasteiger partial charge in [0.15, 0.2) is 5.11 Å². The molecule has 2 heterocycles. The van der Waals surface area contributed by atoms with Crippen molar-refractivity contribution >= 4 is 46.0 Å². The number of thiocarbonyl (C=S) groups is 1. The zero-order valence-electron chi connectivity index (χ0n) is 14.2. The van der Waals surface area contributed by atoms with Crippen LogP contribution in [0.2, 0.25) is 5.02 Å². The normalized spacial score (nSPS) is 17.2. The average molecular weight is 395 g/mol. The molecule has 0 saturated carbocycles. The summed E-state index contributed by atoms with van der Waals surface area (Å²) in [6, 6.07) is 12.2. The summed E-state index contributed by atoms with van der Waals surface area (Å²) in [5.74, 6) is 0. The van der Waals surface area contributed by atoms with Gasteiger partial charge in [0.1, 0.15) is 0 Å². The van der Waals surface area contributed by atoms with Crippen molar-refractivity contribution < 1.29 is 0 Å². The maximum Gasteiger partial charge on any atom is 0.170 e. The molecule has 0 bridgehead atoms. The summed E-state index contributed by atoms with van der Waals surface area (Å²) in [5.41, 5.74) is 0.939. The molecule has 1 unspecified atom stereocenters. The summed E-state index contributed by atoms with van der Waals surface area (Å²) in [6.07, 6.45) is 0. The molecular formula is C18H23ClN4S2. The topological polar surface area (TPSA) is 30.5 Å². The molecule has 1 aromatic carbocycles. The van der Waals surface area contributed by atoms with Gasteiger partial charge in [-0.1, -0.05) is 17.7 Å². The first-order valence-electron chi connectivity index (χ1n) is 8.38. The lowest BCUT2D eigenvalue weighted by Gasteiger charge is -2.37. The minimum atomic E-state index is 0.346. The maximum absolute atomic E-state index is 5.92. The zero-order valence-corrected chi connectivity index (χ0v) is 16.6. The first-order chi connectivity index (χ1) is 12.1. The smallest absolute Gasteiger partial charge is 0.170 e. The Morgan fingerprint density at radius 3 is 2.56 bits per heavy atom. The summed E-state index contributed by atoms with van der Waals surface area (Å²) in [7, 11) is 2.18. The molecule has 1 aromatic heterocycles. The summed E-state index contributed by atoms with van der Waals surface area (Å²) in [5, 5.41) is 10.1. The highest BCUT2D eigenvalue weighted by atomic mass is 35.5. The van der Waals surface area contributed by atoms with Crippen LogP contribution in [-0.4, -0.2) is 54.7 Å². The van der Waals surface area contributed by atoms with Crippen LogP contribution in [0.25, 0.3) is 0 Å². The second-order valence-electron chi connectivity index (χ2n) is 6.21. The van der Waals surface area contributed by atoms with E-state index < -0.39 is 0 Å². The second kappa shape index (κ2) is 8.96. The molecule has 1 aliphatic rings. The molecular weight excluding hydrogens is 372 g/mol. The number of nitrogens with zero attached hydrogens (tertiary/aromatic N) is 2. The van der Waals surface area contributed by atoms with Crippen LogP contribution < -0.4 is 10.6 Å². The fourth-order valence-corrected chi connectivity index (χ4v) is 4.11. The quantitative estimate of drug-likeness (QED) is 0.755. The largest absolute Gasteiger partial charge is 0.360 e. The van der Waals surface area contributed by atoms with Crippen LogP contribution in [0, 0.1) is 0 Å². The lowest BCUT2D eigenvalue weighted by atomic mass is 10.1. The molecule has 0 amide bonds. The lowest BCUT2D eigenvalue weighted by Crippen LogP contribution is -2.48. The van der Waals surface area contributed by atoms with E-state index in [0.29, 0.717) is 11.2 Å². The summed E-state index contributed by atoms with van der Waals surface area (Å²) < 4.78 is 0. The van der Waals surface area contributed by atoms with Gasteiger partial charge in [0.25, 0.3) is 0 Å². The Morgan fingerprint density at radius 2 is 1.92 bits per heavy atom. The van der Waals surface area contributed by atoms with Crippen LogP contribution in [0.5, 0.6) is 0 Å². The van der Waals surface area contributed by atoms with E-state index in [4.69, 9.17) is 23.8 Å². The Labute approximate surface area is 163 Å². The van der Waals surface area contributed by atoms with Gasteiger partial charge in [0.2, 0.25) is 0 Å². The molecule has 1 saturated heterocycles. The molecule has 0 spiro atoms. The third-order valence-corrected chi connectivity index (χ3v) is 5.88. The van der Waals surface area contributed by atoms with Gasteiger partial charge in [-0.15, -0.1) is 11.3 Å². The van der Waals surface area contributed by atoms with Crippen LogP contribution in [0.3, 0.4) is 0 Å². The third-order valence-electron chi connectivity index (χ3n) is 4.41. The molecule has 0 aliphatic carbocycles. The van der Waals surface area contributed by atoms with Gasteiger partial charge in [0, 0.05) is 48.3 Å². The Hall–Kier alpha value is -1.18. The van der Waals surface area contributed by atoms with Crippen molar-refractivity contribution in [1.82, 2.24) is 15.1 Å². The van der Waals surface area contributed by atoms with Gasteiger partial charge in [-0.3, -0.25) is 4.90 Å². The van der Waals surface area contributed by atoms with E-state index >= 15 is 0 Å². The van der Waals surface area contributed by atoms with Gasteiger partial charge < -0.3 is 15.5 Å². The molecule has 0 radical (unpaired) electrons. The first kappa shape index (κ1) is 18.6. The van der Waals surface area contributed by atoms with Gasteiger partial charge in [0.05, 0.1) is 6.04 Å². The summed E-state index contributed by atoms with van der Waals surface area (Å²) in [4.78, 5) is 6.30. The first-order valence-corrected chi connectivity index (χ1v) is 10.0. The molecule has 3 rings (SSSR count). The fraction of sp³-hybridized carbons (Fsp3) is 0.389. The Balaban J connectivity index is 1.58. The number of thiophene rings is 1. The number of likely N-dealkylation sites (N-methyl/N-ethyl adjacent to an activating group) is 1. The second-order valence-corrected chi connectivity index (χ2v) is 8.04. The monoisotopic (exact) mass is 394 g/mol. The zero-order chi connectivity index (χ0) is 17.6. The number of hydrogen-bond donors (Lipinski definition) is 2. The van der Waals surface area contributed by atoms with E-state index in [9.17, 15) is 0 Å². The predicted molar refractivity (Wildman–Crippen MR) is 112 cm³/mol. The highest BCUT2D eigenvalue weighted by molar-refractivity contribution is 7.80. The number of halogens is 1. The highest BCUT2D eigenvalue weighted by Gasteiger charge is 2.24. The molecule has 2 N–H and O–H groups in total. The van der Waals surface area contributed by atoms with E-state index in [0.717, 1.165) is 43.4 Å². The summed E-state index contributed by atoms with van der Waals surface area (Å²) in [6.45, 7) is 5.17. The van der Waals surface area contributed by atoms with E-state index in [-0.39, 0.29) is 0 Å². The number of piperazine rings is 1. The molecule has 25 heavy (non-hydrogen) atoms. The fourth-order valence-electron chi connectivity index (χ4n) is 2.92. The van der Waals surface area contributed by atoms with E-state index in [1.807, 2.05) is 35.6 Å².